The summed E-state index contributed by atoms with van der Waals surface area (Å²) in [5.41, 5.74) is 0. The second-order valence-electron chi connectivity index (χ2n) is 0.471. The van der Waals surface area contributed by atoms with Gasteiger partial charge in [-0.1, -0.05) is 0 Å². The van der Waals surface area contributed by atoms with Crippen molar-refractivity contribution in [1.82, 2.24) is 0 Å². The molecular formula is C2H3BF3N. The predicted molar refractivity (Wildman–Crippen MR) is 20.4 cm³/mol. The zero-order valence-electron chi connectivity index (χ0n) is 3.66. The van der Waals surface area contributed by atoms with Crippen LogP contribution >= 0.6 is 0 Å². The Balaban J connectivity index is 0. The van der Waals surface area contributed by atoms with Crippen LogP contribution in [0.2, 0.25) is 0 Å². The lowest BCUT2D eigenvalue weighted by Gasteiger charge is -1.55. The van der Waals surface area contributed by atoms with Crippen molar-refractivity contribution in [1.29, 1.82) is 5.26 Å². The summed E-state index contributed by atoms with van der Waals surface area (Å²) in [6.45, 7) is 1.43. The SMILES string of the molecule is CC#N.FB(F)F. The second-order valence-corrected chi connectivity index (χ2v) is 0.471. The monoisotopic (exact) mass is 109 g/mol. The minimum absolute atomic E-state index is 1.43. The molecule has 0 amide bonds. The Morgan fingerprint density at radius 1 is 1.43 bits per heavy atom. The van der Waals surface area contributed by atoms with Crippen LogP contribution in [0.4, 0.5) is 12.9 Å². The molecule has 5 heteroatoms. The second kappa shape index (κ2) is 9.02. The topological polar surface area (TPSA) is 23.8 Å². The lowest BCUT2D eigenvalue weighted by molar-refractivity contribution is 0.535. The molecule has 0 unspecified atom stereocenters. The fourth-order valence-electron chi connectivity index (χ4n) is 0. The molecule has 0 aromatic carbocycles. The van der Waals surface area contributed by atoms with Crippen molar-refractivity contribution in [3.63, 3.8) is 0 Å². The molecule has 7 heavy (non-hydrogen) atoms. The summed E-state index contributed by atoms with van der Waals surface area (Å²) in [5, 5.41) is 7.32. The number of hydrogen-bond donors (Lipinski definition) is 0. The fourth-order valence-corrected chi connectivity index (χ4v) is 0. The highest BCUT2D eigenvalue weighted by molar-refractivity contribution is 6.33. The van der Waals surface area contributed by atoms with Gasteiger partial charge >= 0.3 is 7.54 Å². The fraction of sp³-hybridized carbons (Fsp3) is 0.500. The largest absolute Gasteiger partial charge is 0.762 e. The molecule has 0 atom stereocenters. The molecule has 40 valence electrons. The van der Waals surface area contributed by atoms with Crippen LogP contribution in [-0.4, -0.2) is 7.54 Å². The molecule has 0 N–H and O–H groups in total. The van der Waals surface area contributed by atoms with E-state index in [4.69, 9.17) is 5.26 Å². The van der Waals surface area contributed by atoms with E-state index in [0.29, 0.717) is 0 Å². The molecule has 0 spiro atoms. The van der Waals surface area contributed by atoms with Crippen LogP contribution in [0.5, 0.6) is 0 Å². The molecule has 1 nitrogen and oxygen atoms in total. The first-order valence-electron chi connectivity index (χ1n) is 1.38. The van der Waals surface area contributed by atoms with Crippen LogP contribution in [0.1, 0.15) is 6.92 Å². The summed E-state index contributed by atoms with van der Waals surface area (Å²) in [4.78, 5) is 0. The molecule has 0 saturated heterocycles. The summed E-state index contributed by atoms with van der Waals surface area (Å²) in [7, 11) is -3.67. The smallest absolute Gasteiger partial charge is 0.254 e. The van der Waals surface area contributed by atoms with Crippen molar-refractivity contribution in [2.45, 2.75) is 6.92 Å². The zero-order chi connectivity index (χ0) is 6.28. The van der Waals surface area contributed by atoms with Crippen molar-refractivity contribution in [2.24, 2.45) is 0 Å². The minimum Gasteiger partial charge on any atom is -0.254 e. The predicted octanol–water partition coefficient (Wildman–Crippen LogP) is 1.41. The van der Waals surface area contributed by atoms with E-state index in [2.05, 4.69) is 0 Å². The number of hydrogen-bond acceptors (Lipinski definition) is 1. The maximum atomic E-state index is 9.67. The third-order valence-electron chi connectivity index (χ3n) is 0. The van der Waals surface area contributed by atoms with E-state index < -0.39 is 7.54 Å². The highest BCUT2D eigenvalue weighted by Gasteiger charge is 2.06. The van der Waals surface area contributed by atoms with E-state index in [1.54, 1.807) is 6.07 Å². The van der Waals surface area contributed by atoms with E-state index in [-0.39, 0.29) is 0 Å². The first-order chi connectivity index (χ1) is 3.15. The Morgan fingerprint density at radius 2 is 1.43 bits per heavy atom. The van der Waals surface area contributed by atoms with Crippen molar-refractivity contribution in [3.8, 4) is 6.07 Å². The average molecular weight is 109 g/mol. The first-order valence-corrected chi connectivity index (χ1v) is 1.38. The normalized spacial score (nSPS) is 5.00. The number of rotatable bonds is 0. The van der Waals surface area contributed by atoms with Gasteiger partial charge in [-0.05, 0) is 0 Å². The molecule has 0 bridgehead atoms. The zero-order valence-corrected chi connectivity index (χ0v) is 3.66. The maximum Gasteiger partial charge on any atom is 0.762 e. The van der Waals surface area contributed by atoms with Crippen molar-refractivity contribution in [2.75, 3.05) is 0 Å². The van der Waals surface area contributed by atoms with Crippen LogP contribution in [0, 0.1) is 11.3 Å². The summed E-state index contributed by atoms with van der Waals surface area (Å²) >= 11 is 0. The number of halogens is 3. The summed E-state index contributed by atoms with van der Waals surface area (Å²) in [6.07, 6.45) is 0. The van der Waals surface area contributed by atoms with Gasteiger partial charge in [-0.15, -0.1) is 0 Å². The van der Waals surface area contributed by atoms with Gasteiger partial charge in [0, 0.05) is 6.92 Å². The average Bonchev–Trinajstić information content (AvgIpc) is 1.33. The van der Waals surface area contributed by atoms with E-state index in [0.717, 1.165) is 0 Å². The number of nitriles is 1. The molecule has 0 saturated carbocycles. The third kappa shape index (κ3) is 139. The highest BCUT2D eigenvalue weighted by atomic mass is 19.4. The molecule has 0 aliphatic carbocycles. The molecule has 0 aromatic rings. The molecular weight excluding hydrogens is 106 g/mol. The van der Waals surface area contributed by atoms with Crippen LogP contribution in [0.3, 0.4) is 0 Å². The molecule has 0 rings (SSSR count). The van der Waals surface area contributed by atoms with E-state index in [1.165, 1.54) is 6.92 Å². The van der Waals surface area contributed by atoms with E-state index in [9.17, 15) is 12.9 Å². The van der Waals surface area contributed by atoms with Gasteiger partial charge in [0.25, 0.3) is 0 Å². The molecule has 0 fully saturated rings. The standard InChI is InChI=1S/C2H3N.BF3/c1-2-3;2-1(3)4/h1H3;. The van der Waals surface area contributed by atoms with Crippen molar-refractivity contribution < 1.29 is 12.9 Å². The molecule has 0 aliphatic heterocycles. The van der Waals surface area contributed by atoms with Gasteiger partial charge in [-0.3, -0.25) is 12.9 Å². The Bertz CT molecular complexity index is 55.7. The minimum atomic E-state index is -3.67. The molecule has 0 aliphatic rings. The van der Waals surface area contributed by atoms with Gasteiger partial charge in [0.2, 0.25) is 0 Å². The number of nitrogens with zero attached hydrogens (tertiary/aromatic N) is 1. The van der Waals surface area contributed by atoms with Crippen LogP contribution < -0.4 is 0 Å². The summed E-state index contributed by atoms with van der Waals surface area (Å²) < 4.78 is 29.0. The first kappa shape index (κ1) is 9.60. The Morgan fingerprint density at radius 3 is 1.43 bits per heavy atom. The van der Waals surface area contributed by atoms with Gasteiger partial charge in [-0.25, -0.2) is 0 Å². The summed E-state index contributed by atoms with van der Waals surface area (Å²) in [6, 6.07) is 1.75. The van der Waals surface area contributed by atoms with Crippen molar-refractivity contribution in [3.05, 3.63) is 0 Å². The maximum absolute atomic E-state index is 9.67. The lowest BCUT2D eigenvalue weighted by atomic mass is 10.5. The highest BCUT2D eigenvalue weighted by Crippen LogP contribution is 1.80. The van der Waals surface area contributed by atoms with E-state index >= 15 is 0 Å². The summed E-state index contributed by atoms with van der Waals surface area (Å²) in [5.74, 6) is 0. The Hall–Kier alpha value is -0.655. The van der Waals surface area contributed by atoms with Crippen molar-refractivity contribution >= 4 is 7.54 Å². The van der Waals surface area contributed by atoms with Crippen LogP contribution in [-0.2, 0) is 0 Å². The molecule has 0 radical (unpaired) electrons. The van der Waals surface area contributed by atoms with E-state index in [1.807, 2.05) is 0 Å². The van der Waals surface area contributed by atoms with Gasteiger partial charge in [0.1, 0.15) is 0 Å². The molecule has 0 aromatic heterocycles. The van der Waals surface area contributed by atoms with Crippen LogP contribution in [0.15, 0.2) is 0 Å². The molecule has 0 heterocycles. The van der Waals surface area contributed by atoms with Gasteiger partial charge in [0.15, 0.2) is 0 Å². The lowest BCUT2D eigenvalue weighted by Crippen LogP contribution is -1.76. The third-order valence-corrected chi connectivity index (χ3v) is 0. The quantitative estimate of drug-likeness (QED) is 0.431. The van der Waals surface area contributed by atoms with Gasteiger partial charge < -0.3 is 0 Å². The van der Waals surface area contributed by atoms with Gasteiger partial charge in [-0.2, -0.15) is 5.26 Å². The van der Waals surface area contributed by atoms with Crippen LogP contribution in [0.25, 0.3) is 0 Å². The van der Waals surface area contributed by atoms with Gasteiger partial charge in [0.05, 0.1) is 6.07 Å². The Labute approximate surface area is 40.0 Å². The Kier molecular flexibility index (Phi) is 12.4.